The standard InChI is InChI=1S/C15H17BrN4O/c1-10(2)12-6-4-11(5-7-12)8-17-18-15(21)14-13(16)9-20(3)19-14/h4-10H,1-3H3,(H,18,21)/b17-8-. The highest BCUT2D eigenvalue weighted by Crippen LogP contribution is 2.14. The van der Waals surface area contributed by atoms with Crippen LogP contribution in [0.3, 0.4) is 0 Å². The Bertz CT molecular complexity index is 659. The van der Waals surface area contributed by atoms with Crippen LogP contribution in [0.25, 0.3) is 0 Å². The molecule has 0 aliphatic heterocycles. The number of nitrogens with zero attached hydrogens (tertiary/aromatic N) is 3. The van der Waals surface area contributed by atoms with E-state index in [-0.39, 0.29) is 5.91 Å². The molecule has 2 rings (SSSR count). The van der Waals surface area contributed by atoms with Gasteiger partial charge in [0.1, 0.15) is 0 Å². The first-order valence-electron chi connectivity index (χ1n) is 6.60. The Morgan fingerprint density at radius 2 is 2.05 bits per heavy atom. The summed E-state index contributed by atoms with van der Waals surface area (Å²) in [5.74, 6) is 0.148. The molecule has 0 radical (unpaired) electrons. The maximum Gasteiger partial charge on any atom is 0.293 e. The smallest absolute Gasteiger partial charge is 0.274 e. The van der Waals surface area contributed by atoms with Crippen LogP contribution in [0.1, 0.15) is 41.4 Å². The second kappa shape index (κ2) is 6.67. The molecule has 0 aliphatic rings. The highest BCUT2D eigenvalue weighted by molar-refractivity contribution is 9.10. The van der Waals surface area contributed by atoms with E-state index in [1.807, 2.05) is 12.1 Å². The molecular weight excluding hydrogens is 332 g/mol. The van der Waals surface area contributed by atoms with E-state index >= 15 is 0 Å². The predicted octanol–water partition coefficient (Wildman–Crippen LogP) is 3.07. The highest BCUT2D eigenvalue weighted by Gasteiger charge is 2.13. The zero-order valence-corrected chi connectivity index (χ0v) is 13.8. The molecule has 1 aromatic heterocycles. The summed E-state index contributed by atoms with van der Waals surface area (Å²) in [6.07, 6.45) is 3.32. The lowest BCUT2D eigenvalue weighted by Crippen LogP contribution is -2.18. The monoisotopic (exact) mass is 348 g/mol. The molecule has 2 aromatic rings. The maximum absolute atomic E-state index is 11.9. The van der Waals surface area contributed by atoms with Gasteiger partial charge in [-0.25, -0.2) is 5.43 Å². The zero-order chi connectivity index (χ0) is 15.4. The summed E-state index contributed by atoms with van der Waals surface area (Å²) in [5, 5.41) is 8.00. The molecule has 5 nitrogen and oxygen atoms in total. The summed E-state index contributed by atoms with van der Waals surface area (Å²) in [6, 6.07) is 8.07. The van der Waals surface area contributed by atoms with Crippen LogP contribution in [-0.4, -0.2) is 21.9 Å². The van der Waals surface area contributed by atoms with Crippen LogP contribution in [0, 0.1) is 0 Å². The Kier molecular flexibility index (Phi) is 4.90. The second-order valence-electron chi connectivity index (χ2n) is 5.02. The Labute approximate surface area is 132 Å². The van der Waals surface area contributed by atoms with Crippen LogP contribution in [0.4, 0.5) is 0 Å². The number of carbonyl (C=O) groups excluding carboxylic acids is 1. The third kappa shape index (κ3) is 4.01. The van der Waals surface area contributed by atoms with Crippen molar-refractivity contribution < 1.29 is 4.79 Å². The summed E-state index contributed by atoms with van der Waals surface area (Å²) < 4.78 is 2.20. The summed E-state index contributed by atoms with van der Waals surface area (Å²) >= 11 is 3.28. The maximum atomic E-state index is 11.9. The van der Waals surface area contributed by atoms with Crippen molar-refractivity contribution in [1.29, 1.82) is 0 Å². The molecule has 0 atom stereocenters. The van der Waals surface area contributed by atoms with Crippen molar-refractivity contribution in [3.05, 3.63) is 51.8 Å². The van der Waals surface area contributed by atoms with Gasteiger partial charge in [-0.15, -0.1) is 0 Å². The van der Waals surface area contributed by atoms with E-state index in [0.717, 1.165) is 5.56 Å². The lowest BCUT2D eigenvalue weighted by Gasteiger charge is -2.04. The van der Waals surface area contributed by atoms with Gasteiger partial charge in [-0.2, -0.15) is 10.2 Å². The van der Waals surface area contributed by atoms with Gasteiger partial charge in [-0.05, 0) is 33.0 Å². The lowest BCUT2D eigenvalue weighted by molar-refractivity contribution is 0.0948. The van der Waals surface area contributed by atoms with E-state index in [4.69, 9.17) is 0 Å². The van der Waals surface area contributed by atoms with Gasteiger partial charge < -0.3 is 0 Å². The quantitative estimate of drug-likeness (QED) is 0.681. The van der Waals surface area contributed by atoms with E-state index in [1.165, 1.54) is 5.56 Å². The first-order valence-corrected chi connectivity index (χ1v) is 7.39. The molecule has 110 valence electrons. The number of aryl methyl sites for hydroxylation is 1. The molecule has 0 saturated carbocycles. The van der Waals surface area contributed by atoms with Gasteiger partial charge in [0.05, 0.1) is 10.7 Å². The van der Waals surface area contributed by atoms with E-state index in [1.54, 1.807) is 24.1 Å². The molecule has 0 aliphatic carbocycles. The second-order valence-corrected chi connectivity index (χ2v) is 5.87. The van der Waals surface area contributed by atoms with E-state index < -0.39 is 0 Å². The average molecular weight is 349 g/mol. The summed E-state index contributed by atoms with van der Waals surface area (Å²) in [5.41, 5.74) is 4.98. The first-order chi connectivity index (χ1) is 9.97. The predicted molar refractivity (Wildman–Crippen MR) is 86.5 cm³/mol. The fraction of sp³-hybridized carbons (Fsp3) is 0.267. The van der Waals surface area contributed by atoms with Crippen LogP contribution in [-0.2, 0) is 7.05 Å². The number of hydrazone groups is 1. The Balaban J connectivity index is 1.99. The van der Waals surface area contributed by atoms with Gasteiger partial charge in [0, 0.05) is 13.2 Å². The lowest BCUT2D eigenvalue weighted by atomic mass is 10.0. The van der Waals surface area contributed by atoms with Gasteiger partial charge in [-0.3, -0.25) is 9.48 Å². The molecule has 0 unspecified atom stereocenters. The van der Waals surface area contributed by atoms with Gasteiger partial charge in [0.15, 0.2) is 5.69 Å². The van der Waals surface area contributed by atoms with Crippen molar-refractivity contribution in [1.82, 2.24) is 15.2 Å². The molecule has 0 spiro atoms. The van der Waals surface area contributed by atoms with Crippen LogP contribution in [0.5, 0.6) is 0 Å². The molecule has 1 N–H and O–H groups in total. The highest BCUT2D eigenvalue weighted by atomic mass is 79.9. The Hall–Kier alpha value is -1.95. The summed E-state index contributed by atoms with van der Waals surface area (Å²) in [7, 11) is 1.75. The number of hydrogen-bond donors (Lipinski definition) is 1. The molecular formula is C15H17BrN4O. The fourth-order valence-corrected chi connectivity index (χ4v) is 2.35. The third-order valence-corrected chi connectivity index (χ3v) is 3.56. The molecule has 0 bridgehead atoms. The molecule has 1 amide bonds. The normalized spacial score (nSPS) is 11.3. The Morgan fingerprint density at radius 3 is 2.57 bits per heavy atom. The number of nitrogens with one attached hydrogen (secondary N) is 1. The first kappa shape index (κ1) is 15.4. The molecule has 0 saturated heterocycles. The topological polar surface area (TPSA) is 59.3 Å². The fourth-order valence-electron chi connectivity index (χ4n) is 1.80. The molecule has 6 heteroatoms. The third-order valence-electron chi connectivity index (χ3n) is 2.98. The minimum Gasteiger partial charge on any atom is -0.274 e. The largest absolute Gasteiger partial charge is 0.293 e. The van der Waals surface area contributed by atoms with Gasteiger partial charge >= 0.3 is 0 Å². The van der Waals surface area contributed by atoms with Crippen LogP contribution < -0.4 is 5.43 Å². The van der Waals surface area contributed by atoms with Gasteiger partial charge in [0.2, 0.25) is 0 Å². The number of halogens is 1. The molecule has 0 fully saturated rings. The summed E-state index contributed by atoms with van der Waals surface area (Å²) in [6.45, 7) is 4.29. The van der Waals surface area contributed by atoms with Crippen LogP contribution >= 0.6 is 15.9 Å². The number of aromatic nitrogens is 2. The number of amides is 1. The molecule has 21 heavy (non-hydrogen) atoms. The van der Waals surface area contributed by atoms with Crippen molar-refractivity contribution in [3.63, 3.8) is 0 Å². The number of hydrogen-bond acceptors (Lipinski definition) is 3. The minimum atomic E-state index is -0.350. The molecule has 1 aromatic carbocycles. The van der Waals surface area contributed by atoms with Crippen molar-refractivity contribution in [2.24, 2.45) is 12.1 Å². The van der Waals surface area contributed by atoms with Crippen molar-refractivity contribution >= 4 is 28.1 Å². The Morgan fingerprint density at radius 1 is 1.38 bits per heavy atom. The van der Waals surface area contributed by atoms with Crippen LogP contribution in [0.2, 0.25) is 0 Å². The minimum absolute atomic E-state index is 0.310. The van der Waals surface area contributed by atoms with Crippen molar-refractivity contribution in [2.45, 2.75) is 19.8 Å². The van der Waals surface area contributed by atoms with Crippen molar-refractivity contribution in [2.75, 3.05) is 0 Å². The van der Waals surface area contributed by atoms with Gasteiger partial charge in [0.25, 0.3) is 5.91 Å². The van der Waals surface area contributed by atoms with E-state index in [0.29, 0.717) is 16.1 Å². The molecule has 1 heterocycles. The van der Waals surface area contributed by atoms with E-state index in [2.05, 4.69) is 57.5 Å². The number of rotatable bonds is 4. The van der Waals surface area contributed by atoms with Crippen molar-refractivity contribution in [3.8, 4) is 0 Å². The SMILES string of the molecule is CC(C)c1ccc(/C=N\NC(=O)c2nn(C)cc2Br)cc1. The number of carbonyl (C=O) groups is 1. The van der Waals surface area contributed by atoms with E-state index in [9.17, 15) is 4.79 Å². The van der Waals surface area contributed by atoms with Crippen LogP contribution in [0.15, 0.2) is 40.0 Å². The number of benzene rings is 1. The van der Waals surface area contributed by atoms with Gasteiger partial charge in [-0.1, -0.05) is 38.1 Å². The summed E-state index contributed by atoms with van der Waals surface area (Å²) in [4.78, 5) is 11.9. The average Bonchev–Trinajstić information content (AvgIpc) is 2.78. The zero-order valence-electron chi connectivity index (χ0n) is 12.2.